The Hall–Kier alpha value is -3.18. The summed E-state index contributed by atoms with van der Waals surface area (Å²) in [7, 11) is 0. The molecular weight excluding hydrogens is 378 g/mol. The van der Waals surface area contributed by atoms with Crippen molar-refractivity contribution in [2.75, 3.05) is 23.4 Å². The Morgan fingerprint density at radius 1 is 1.36 bits per heavy atom. The van der Waals surface area contributed by atoms with Crippen LogP contribution in [0.15, 0.2) is 35.7 Å². The first kappa shape index (κ1) is 19.6. The number of nitrogens with one attached hydrogen (secondary N) is 1. The molecule has 144 valence electrons. The fourth-order valence-corrected chi connectivity index (χ4v) is 3.84. The van der Waals surface area contributed by atoms with Gasteiger partial charge in [0, 0.05) is 18.7 Å². The number of hydrogen-bond acceptors (Lipinski definition) is 6. The van der Waals surface area contributed by atoms with Gasteiger partial charge in [-0.15, -0.1) is 11.3 Å². The number of nitrogens with zero attached hydrogens (tertiary/aromatic N) is 2. The summed E-state index contributed by atoms with van der Waals surface area (Å²) in [5.74, 6) is -1.84. The highest BCUT2D eigenvalue weighted by atomic mass is 32.1. The molecule has 1 aromatic heterocycles. The maximum absolute atomic E-state index is 12.4. The van der Waals surface area contributed by atoms with Gasteiger partial charge in [-0.25, -0.2) is 0 Å². The van der Waals surface area contributed by atoms with E-state index in [4.69, 9.17) is 10.00 Å². The molecule has 8 heteroatoms. The molecule has 0 unspecified atom stereocenters. The Morgan fingerprint density at radius 3 is 2.89 bits per heavy atom. The molecule has 1 saturated heterocycles. The van der Waals surface area contributed by atoms with Gasteiger partial charge < -0.3 is 15.0 Å². The van der Waals surface area contributed by atoms with Crippen molar-refractivity contribution in [3.8, 4) is 6.07 Å². The van der Waals surface area contributed by atoms with Crippen LogP contribution in [-0.4, -0.2) is 30.9 Å². The number of aryl methyl sites for hydroxylation is 1. The van der Waals surface area contributed by atoms with Crippen molar-refractivity contribution >= 4 is 39.8 Å². The molecular formula is C20H19N3O4S. The summed E-state index contributed by atoms with van der Waals surface area (Å²) in [5, 5.41) is 13.6. The molecule has 0 radical (unpaired) electrons. The second-order valence-electron chi connectivity index (χ2n) is 6.32. The van der Waals surface area contributed by atoms with Gasteiger partial charge >= 0.3 is 5.97 Å². The number of amides is 2. The molecule has 0 saturated carbocycles. The monoisotopic (exact) mass is 397 g/mol. The van der Waals surface area contributed by atoms with Crippen LogP contribution in [0.1, 0.15) is 24.5 Å². The number of para-hydroxylation sites is 1. The first-order chi connectivity index (χ1) is 13.5. The Morgan fingerprint density at radius 2 is 2.14 bits per heavy atom. The number of thiophene rings is 1. The predicted octanol–water partition coefficient (Wildman–Crippen LogP) is 2.72. The third-order valence-corrected chi connectivity index (χ3v) is 5.34. The fraction of sp³-hybridized carbons (Fsp3) is 0.300. The van der Waals surface area contributed by atoms with Gasteiger partial charge in [0.25, 0.3) is 5.91 Å². The van der Waals surface area contributed by atoms with E-state index in [9.17, 15) is 14.4 Å². The molecule has 0 aliphatic carbocycles. The van der Waals surface area contributed by atoms with E-state index in [2.05, 4.69) is 5.32 Å². The van der Waals surface area contributed by atoms with Crippen molar-refractivity contribution < 1.29 is 19.1 Å². The van der Waals surface area contributed by atoms with Gasteiger partial charge in [-0.3, -0.25) is 14.4 Å². The molecule has 3 rings (SSSR count). The van der Waals surface area contributed by atoms with E-state index in [0.717, 1.165) is 17.7 Å². The Kier molecular flexibility index (Phi) is 6.06. The predicted molar refractivity (Wildman–Crippen MR) is 105 cm³/mol. The van der Waals surface area contributed by atoms with Gasteiger partial charge in [0.05, 0.1) is 11.5 Å². The lowest BCUT2D eigenvalue weighted by atomic mass is 10.1. The summed E-state index contributed by atoms with van der Waals surface area (Å²) >= 11 is 1.22. The molecule has 2 aromatic rings. The molecule has 0 bridgehead atoms. The maximum atomic E-state index is 12.4. The van der Waals surface area contributed by atoms with Gasteiger partial charge in [-0.05, 0) is 29.5 Å². The SMILES string of the molecule is CCc1ccccc1N1C[C@H](C(=O)OCC(=O)Nc2sccc2C#N)CC1=O. The average Bonchev–Trinajstić information content (AvgIpc) is 3.32. The number of benzene rings is 1. The largest absolute Gasteiger partial charge is 0.455 e. The smallest absolute Gasteiger partial charge is 0.311 e. The summed E-state index contributed by atoms with van der Waals surface area (Å²) < 4.78 is 5.09. The van der Waals surface area contributed by atoms with Crippen molar-refractivity contribution in [3.63, 3.8) is 0 Å². The Bertz CT molecular complexity index is 947. The van der Waals surface area contributed by atoms with Gasteiger partial charge in [0.2, 0.25) is 5.91 Å². The number of carbonyl (C=O) groups excluding carboxylic acids is 3. The summed E-state index contributed by atoms with van der Waals surface area (Å²) in [4.78, 5) is 38.3. The summed E-state index contributed by atoms with van der Waals surface area (Å²) in [6.45, 7) is 1.78. The zero-order valence-electron chi connectivity index (χ0n) is 15.3. The molecule has 1 fully saturated rings. The normalized spacial score (nSPS) is 15.9. The van der Waals surface area contributed by atoms with Crippen LogP contribution in [0, 0.1) is 17.2 Å². The molecule has 28 heavy (non-hydrogen) atoms. The van der Waals surface area contributed by atoms with Crippen molar-refractivity contribution in [2.24, 2.45) is 5.92 Å². The first-order valence-corrected chi connectivity index (χ1v) is 9.73. The van der Waals surface area contributed by atoms with E-state index >= 15 is 0 Å². The van der Waals surface area contributed by atoms with E-state index in [0.29, 0.717) is 10.6 Å². The maximum Gasteiger partial charge on any atom is 0.311 e. The fourth-order valence-electron chi connectivity index (χ4n) is 3.08. The second kappa shape index (κ2) is 8.67. The quantitative estimate of drug-likeness (QED) is 0.756. The standard InChI is InChI=1S/C20H19N3O4S/c1-2-13-5-3-4-6-16(13)23-11-15(9-18(23)25)20(26)27-12-17(24)22-19-14(10-21)7-8-28-19/h3-8,15H,2,9,11-12H2,1H3,(H,22,24)/t15-/m1/s1. The van der Waals surface area contributed by atoms with Crippen molar-refractivity contribution in [1.82, 2.24) is 0 Å². The molecule has 2 heterocycles. The van der Waals surface area contributed by atoms with Crippen molar-refractivity contribution in [1.29, 1.82) is 5.26 Å². The van der Waals surface area contributed by atoms with Crippen LogP contribution in [0.2, 0.25) is 0 Å². The highest BCUT2D eigenvalue weighted by molar-refractivity contribution is 7.14. The molecule has 0 spiro atoms. The minimum Gasteiger partial charge on any atom is -0.455 e. The number of esters is 1. The number of hydrogen-bond donors (Lipinski definition) is 1. The van der Waals surface area contributed by atoms with E-state index < -0.39 is 24.4 Å². The minimum atomic E-state index is -0.610. The minimum absolute atomic E-state index is 0.0575. The van der Waals surface area contributed by atoms with Gasteiger partial charge in [0.15, 0.2) is 6.61 Å². The lowest BCUT2D eigenvalue weighted by molar-refractivity contribution is -0.151. The van der Waals surface area contributed by atoms with E-state index in [1.165, 1.54) is 11.3 Å². The molecule has 1 aromatic carbocycles. The van der Waals surface area contributed by atoms with Crippen LogP contribution in [0.25, 0.3) is 0 Å². The molecule has 1 atom stereocenters. The second-order valence-corrected chi connectivity index (χ2v) is 7.23. The van der Waals surface area contributed by atoms with Crippen LogP contribution in [0.4, 0.5) is 10.7 Å². The summed E-state index contributed by atoms with van der Waals surface area (Å²) in [5.41, 5.74) is 2.20. The van der Waals surface area contributed by atoms with Gasteiger partial charge in [-0.1, -0.05) is 25.1 Å². The lowest BCUT2D eigenvalue weighted by Gasteiger charge is -2.19. The third-order valence-electron chi connectivity index (χ3n) is 4.51. The molecule has 7 nitrogen and oxygen atoms in total. The summed E-state index contributed by atoms with van der Waals surface area (Å²) in [6, 6.07) is 11.2. The number of rotatable bonds is 6. The number of ether oxygens (including phenoxy) is 1. The van der Waals surface area contributed by atoms with Gasteiger partial charge in [0.1, 0.15) is 11.1 Å². The highest BCUT2D eigenvalue weighted by Crippen LogP contribution is 2.29. The zero-order chi connectivity index (χ0) is 20.1. The summed E-state index contributed by atoms with van der Waals surface area (Å²) in [6.07, 6.45) is 0.838. The lowest BCUT2D eigenvalue weighted by Crippen LogP contribution is -2.28. The van der Waals surface area contributed by atoms with Crippen LogP contribution < -0.4 is 10.2 Å². The van der Waals surface area contributed by atoms with Crippen LogP contribution in [-0.2, 0) is 25.5 Å². The number of carbonyl (C=O) groups is 3. The number of anilines is 2. The van der Waals surface area contributed by atoms with Crippen LogP contribution in [0.3, 0.4) is 0 Å². The number of nitriles is 1. The van der Waals surface area contributed by atoms with E-state index in [1.807, 2.05) is 37.3 Å². The van der Waals surface area contributed by atoms with Crippen LogP contribution >= 0.6 is 11.3 Å². The van der Waals surface area contributed by atoms with Crippen LogP contribution in [0.5, 0.6) is 0 Å². The van der Waals surface area contributed by atoms with Crippen molar-refractivity contribution in [2.45, 2.75) is 19.8 Å². The Labute approximate surface area is 166 Å². The van der Waals surface area contributed by atoms with Gasteiger partial charge in [-0.2, -0.15) is 5.26 Å². The van der Waals surface area contributed by atoms with E-state index in [-0.39, 0.29) is 18.9 Å². The molecule has 1 aliphatic rings. The zero-order valence-corrected chi connectivity index (χ0v) is 16.1. The molecule has 2 amide bonds. The topological polar surface area (TPSA) is 99.5 Å². The average molecular weight is 397 g/mol. The Balaban J connectivity index is 1.56. The molecule has 1 N–H and O–H groups in total. The third kappa shape index (κ3) is 4.21. The van der Waals surface area contributed by atoms with Crippen molar-refractivity contribution in [3.05, 3.63) is 46.8 Å². The van der Waals surface area contributed by atoms with E-state index in [1.54, 1.807) is 16.3 Å². The molecule has 1 aliphatic heterocycles. The highest BCUT2D eigenvalue weighted by Gasteiger charge is 2.37. The first-order valence-electron chi connectivity index (χ1n) is 8.85.